The van der Waals surface area contributed by atoms with Crippen molar-refractivity contribution in [3.05, 3.63) is 113 Å². The molecule has 8 nitrogen and oxygen atoms in total. The van der Waals surface area contributed by atoms with Crippen LogP contribution in [-0.2, 0) is 23.2 Å². The maximum atomic E-state index is 11.9. The van der Waals surface area contributed by atoms with E-state index in [9.17, 15) is 8.42 Å². The zero-order valence-corrected chi connectivity index (χ0v) is 23.9. The molecule has 208 valence electrons. The minimum atomic E-state index is -3.42. The third-order valence-electron chi connectivity index (χ3n) is 7.22. The molecule has 0 bridgehead atoms. The number of para-hydroxylation sites is 1. The Morgan fingerprint density at radius 2 is 1.90 bits per heavy atom. The standard InChI is InChI=1S/C32H30N4O4S/c1-4-26(21-10-7-11-25(15-21)35-41(3,37)38)31-27-12-8-14-33-32(27)40-20-24-17-29-23(16-28(24)31)18-34-36(29)19-22-9-5-6-13-30(22)39-2/h5-18,35H,4,19-20H2,1-3H3/b31-26+. The SMILES string of the molecule is CC/C(=C1\c2cc3cnn(Cc4ccccc4OC)c3cc2COc2ncccc21)c1cccc(NS(C)(=O)=O)c1. The summed E-state index contributed by atoms with van der Waals surface area (Å²) in [6, 6.07) is 23.7. The summed E-state index contributed by atoms with van der Waals surface area (Å²) in [5.41, 5.74) is 8.50. The van der Waals surface area contributed by atoms with Gasteiger partial charge in [-0.2, -0.15) is 5.10 Å². The highest BCUT2D eigenvalue weighted by Gasteiger charge is 2.25. The average Bonchev–Trinajstić information content (AvgIpc) is 3.27. The number of nitrogens with zero attached hydrogens (tertiary/aromatic N) is 3. The first kappa shape index (κ1) is 26.6. The molecular formula is C32H30N4O4S. The zero-order valence-electron chi connectivity index (χ0n) is 23.1. The molecule has 0 saturated heterocycles. The smallest absolute Gasteiger partial charge is 0.229 e. The monoisotopic (exact) mass is 566 g/mol. The van der Waals surface area contributed by atoms with Crippen molar-refractivity contribution in [2.24, 2.45) is 0 Å². The molecule has 9 heteroatoms. The Bertz CT molecular complexity index is 1910. The van der Waals surface area contributed by atoms with E-state index in [4.69, 9.17) is 14.6 Å². The number of hydrogen-bond donors (Lipinski definition) is 1. The highest BCUT2D eigenvalue weighted by atomic mass is 32.2. The molecule has 3 heterocycles. The lowest BCUT2D eigenvalue weighted by Gasteiger charge is -2.18. The van der Waals surface area contributed by atoms with Gasteiger partial charge in [0.15, 0.2) is 0 Å². The minimum Gasteiger partial charge on any atom is -0.496 e. The van der Waals surface area contributed by atoms with Crippen molar-refractivity contribution >= 4 is 37.8 Å². The van der Waals surface area contributed by atoms with Gasteiger partial charge in [0.05, 0.1) is 31.6 Å². The first-order valence-electron chi connectivity index (χ1n) is 13.3. The molecule has 3 aromatic carbocycles. The summed E-state index contributed by atoms with van der Waals surface area (Å²) in [6.45, 7) is 3.02. The summed E-state index contributed by atoms with van der Waals surface area (Å²) in [4.78, 5) is 4.56. The van der Waals surface area contributed by atoms with Crippen LogP contribution < -0.4 is 14.2 Å². The van der Waals surface area contributed by atoms with Crippen molar-refractivity contribution in [3.63, 3.8) is 0 Å². The molecule has 0 spiro atoms. The zero-order chi connectivity index (χ0) is 28.6. The van der Waals surface area contributed by atoms with E-state index in [2.05, 4.69) is 28.8 Å². The Balaban J connectivity index is 1.54. The average molecular weight is 567 g/mol. The van der Waals surface area contributed by atoms with Crippen LogP contribution in [0.15, 0.2) is 85.2 Å². The lowest BCUT2D eigenvalue weighted by atomic mass is 9.86. The van der Waals surface area contributed by atoms with Gasteiger partial charge in [-0.3, -0.25) is 9.40 Å². The molecule has 0 unspecified atom stereocenters. The number of hydrogen-bond acceptors (Lipinski definition) is 6. The highest BCUT2D eigenvalue weighted by molar-refractivity contribution is 7.92. The van der Waals surface area contributed by atoms with Crippen LogP contribution in [0.3, 0.4) is 0 Å². The van der Waals surface area contributed by atoms with Crippen LogP contribution in [0.2, 0.25) is 0 Å². The summed E-state index contributed by atoms with van der Waals surface area (Å²) in [6.07, 6.45) is 5.48. The molecular weight excluding hydrogens is 536 g/mol. The molecule has 41 heavy (non-hydrogen) atoms. The maximum absolute atomic E-state index is 11.9. The first-order chi connectivity index (χ1) is 19.8. The van der Waals surface area contributed by atoms with Gasteiger partial charge in [0.25, 0.3) is 0 Å². The van der Waals surface area contributed by atoms with Crippen molar-refractivity contribution in [3.8, 4) is 11.6 Å². The second kappa shape index (κ2) is 10.7. The summed E-state index contributed by atoms with van der Waals surface area (Å²) in [5.74, 6) is 1.39. The number of rotatable bonds is 7. The minimum absolute atomic E-state index is 0.352. The van der Waals surface area contributed by atoms with Gasteiger partial charge in [-0.1, -0.05) is 37.3 Å². The van der Waals surface area contributed by atoms with Crippen LogP contribution in [-0.4, -0.2) is 36.5 Å². The largest absolute Gasteiger partial charge is 0.496 e. The predicted octanol–water partition coefficient (Wildman–Crippen LogP) is 6.12. The molecule has 2 aromatic heterocycles. The van der Waals surface area contributed by atoms with Crippen molar-refractivity contribution in [1.29, 1.82) is 0 Å². The molecule has 1 aliphatic rings. The number of nitrogens with one attached hydrogen (secondary N) is 1. The molecule has 0 saturated carbocycles. The van der Waals surface area contributed by atoms with Crippen molar-refractivity contribution in [2.75, 3.05) is 18.1 Å². The number of sulfonamides is 1. The maximum Gasteiger partial charge on any atom is 0.229 e. The number of aromatic nitrogens is 3. The van der Waals surface area contributed by atoms with Gasteiger partial charge in [0.2, 0.25) is 15.9 Å². The molecule has 1 N–H and O–H groups in total. The van der Waals surface area contributed by atoms with Crippen molar-refractivity contribution in [2.45, 2.75) is 26.5 Å². The Kier molecular flexibility index (Phi) is 6.96. The van der Waals surface area contributed by atoms with Gasteiger partial charge < -0.3 is 9.47 Å². The fourth-order valence-electron chi connectivity index (χ4n) is 5.46. The summed E-state index contributed by atoms with van der Waals surface area (Å²) in [5, 5.41) is 5.73. The quantitative estimate of drug-likeness (QED) is 0.255. The van der Waals surface area contributed by atoms with E-state index in [1.165, 1.54) is 0 Å². The normalized spacial score (nSPS) is 14.0. The molecule has 0 atom stereocenters. The van der Waals surface area contributed by atoms with Crippen molar-refractivity contribution in [1.82, 2.24) is 14.8 Å². The molecule has 1 aliphatic heterocycles. The first-order valence-corrected chi connectivity index (χ1v) is 15.2. The van der Waals surface area contributed by atoms with E-state index >= 15 is 0 Å². The van der Waals surface area contributed by atoms with E-state index in [0.29, 0.717) is 31.1 Å². The van der Waals surface area contributed by atoms with Crippen LogP contribution in [0.4, 0.5) is 5.69 Å². The molecule has 0 radical (unpaired) electrons. The van der Waals surface area contributed by atoms with Gasteiger partial charge >= 0.3 is 0 Å². The number of benzene rings is 3. The van der Waals surface area contributed by atoms with Crippen molar-refractivity contribution < 1.29 is 17.9 Å². The van der Waals surface area contributed by atoms with Gasteiger partial charge in [-0.25, -0.2) is 13.4 Å². The topological polar surface area (TPSA) is 95.3 Å². The van der Waals surface area contributed by atoms with E-state index in [1.54, 1.807) is 19.4 Å². The molecule has 0 amide bonds. The fourth-order valence-corrected chi connectivity index (χ4v) is 6.02. The fraction of sp³-hybridized carbons (Fsp3) is 0.188. The van der Waals surface area contributed by atoms with Crippen LogP contribution in [0.1, 0.15) is 41.2 Å². The van der Waals surface area contributed by atoms with E-state index in [0.717, 1.165) is 61.9 Å². The highest BCUT2D eigenvalue weighted by Crippen LogP contribution is 2.43. The summed E-state index contributed by atoms with van der Waals surface area (Å²) >= 11 is 0. The van der Waals surface area contributed by atoms with Crippen LogP contribution in [0, 0.1) is 0 Å². The van der Waals surface area contributed by atoms with Crippen LogP contribution in [0.25, 0.3) is 22.0 Å². The Labute approximate surface area is 239 Å². The molecule has 6 rings (SSSR count). The third kappa shape index (κ3) is 5.28. The molecule has 5 aromatic rings. The number of fused-ring (bicyclic) bond motifs is 3. The van der Waals surface area contributed by atoms with Gasteiger partial charge in [0, 0.05) is 28.4 Å². The van der Waals surface area contributed by atoms with E-state index < -0.39 is 10.0 Å². The van der Waals surface area contributed by atoms with E-state index in [1.807, 2.05) is 65.5 Å². The Hall–Kier alpha value is -4.63. The number of methoxy groups -OCH3 is 1. The van der Waals surface area contributed by atoms with Gasteiger partial charge in [-0.05, 0) is 76.7 Å². The number of anilines is 1. The van der Waals surface area contributed by atoms with Crippen LogP contribution in [0.5, 0.6) is 11.6 Å². The molecule has 0 aliphatic carbocycles. The number of ether oxygens (including phenoxy) is 2. The number of allylic oxidation sites excluding steroid dienone is 1. The van der Waals surface area contributed by atoms with Gasteiger partial charge in [-0.15, -0.1) is 0 Å². The second-order valence-electron chi connectivity index (χ2n) is 9.99. The second-order valence-corrected chi connectivity index (χ2v) is 11.7. The lowest BCUT2D eigenvalue weighted by Crippen LogP contribution is -2.09. The number of pyridine rings is 1. The van der Waals surface area contributed by atoms with E-state index in [-0.39, 0.29) is 0 Å². The Morgan fingerprint density at radius 3 is 2.71 bits per heavy atom. The third-order valence-corrected chi connectivity index (χ3v) is 7.83. The summed E-state index contributed by atoms with van der Waals surface area (Å²) < 4.78 is 40.3. The van der Waals surface area contributed by atoms with Crippen LogP contribution >= 0.6 is 0 Å². The summed E-state index contributed by atoms with van der Waals surface area (Å²) in [7, 11) is -1.74. The van der Waals surface area contributed by atoms with Gasteiger partial charge in [0.1, 0.15) is 12.4 Å². The Morgan fingerprint density at radius 1 is 1.05 bits per heavy atom. The lowest BCUT2D eigenvalue weighted by molar-refractivity contribution is 0.295. The molecule has 0 fully saturated rings. The predicted molar refractivity (Wildman–Crippen MR) is 162 cm³/mol.